The summed E-state index contributed by atoms with van der Waals surface area (Å²) in [7, 11) is 0. The van der Waals surface area contributed by atoms with Crippen molar-refractivity contribution < 1.29 is 9.59 Å². The average molecular weight is 317 g/mol. The lowest BCUT2D eigenvalue weighted by Gasteiger charge is -2.21. The first kappa shape index (κ1) is 12.6. The molecule has 0 aliphatic carbocycles. The van der Waals surface area contributed by atoms with E-state index in [-0.39, 0.29) is 17.7 Å². The molecule has 1 fully saturated rings. The summed E-state index contributed by atoms with van der Waals surface area (Å²) < 4.78 is 0.912. The molecular formula is C12H11BrClNO2. The van der Waals surface area contributed by atoms with E-state index < -0.39 is 0 Å². The van der Waals surface area contributed by atoms with Crippen molar-refractivity contribution in [2.45, 2.75) is 19.3 Å². The van der Waals surface area contributed by atoms with Crippen LogP contribution in [-0.2, 0) is 16.0 Å². The molecule has 0 radical (unpaired) electrons. The van der Waals surface area contributed by atoms with E-state index in [1.807, 2.05) is 18.2 Å². The molecule has 0 spiro atoms. The van der Waals surface area contributed by atoms with Gasteiger partial charge in [0.15, 0.2) is 0 Å². The van der Waals surface area contributed by atoms with Crippen LogP contribution in [0.1, 0.15) is 18.4 Å². The largest absolute Gasteiger partial charge is 0.296 e. The van der Waals surface area contributed by atoms with Gasteiger partial charge in [-0.3, -0.25) is 14.9 Å². The molecule has 0 aromatic heterocycles. The number of carbonyl (C=O) groups is 2. The molecular weight excluding hydrogens is 305 g/mol. The van der Waals surface area contributed by atoms with E-state index in [1.54, 1.807) is 0 Å². The summed E-state index contributed by atoms with van der Waals surface area (Å²) >= 11 is 9.43. The van der Waals surface area contributed by atoms with Gasteiger partial charge in [0.1, 0.15) is 0 Å². The van der Waals surface area contributed by atoms with Crippen molar-refractivity contribution >= 4 is 39.3 Å². The number of amides is 2. The predicted octanol–water partition coefficient (Wildman–Crippen LogP) is 2.70. The summed E-state index contributed by atoms with van der Waals surface area (Å²) in [5, 5.41) is 2.99. The van der Waals surface area contributed by atoms with Gasteiger partial charge in [-0.15, -0.1) is 0 Å². The van der Waals surface area contributed by atoms with Gasteiger partial charge in [0.2, 0.25) is 11.8 Å². The van der Waals surface area contributed by atoms with Crippen molar-refractivity contribution in [1.82, 2.24) is 5.32 Å². The highest BCUT2D eigenvalue weighted by molar-refractivity contribution is 9.10. The smallest absolute Gasteiger partial charge is 0.230 e. The van der Waals surface area contributed by atoms with Gasteiger partial charge in [0, 0.05) is 21.8 Å². The maximum absolute atomic E-state index is 11.6. The van der Waals surface area contributed by atoms with E-state index >= 15 is 0 Å². The van der Waals surface area contributed by atoms with Gasteiger partial charge in [-0.05, 0) is 30.5 Å². The van der Waals surface area contributed by atoms with Gasteiger partial charge in [-0.2, -0.15) is 0 Å². The summed E-state index contributed by atoms with van der Waals surface area (Å²) in [6.45, 7) is 0. The summed E-state index contributed by atoms with van der Waals surface area (Å²) in [5.74, 6) is -0.542. The molecule has 3 nitrogen and oxygen atoms in total. The van der Waals surface area contributed by atoms with Crippen LogP contribution in [0.15, 0.2) is 22.7 Å². The van der Waals surface area contributed by atoms with Crippen LogP contribution in [0.2, 0.25) is 5.02 Å². The van der Waals surface area contributed by atoms with Crippen LogP contribution in [-0.4, -0.2) is 11.8 Å². The number of rotatable bonds is 2. The van der Waals surface area contributed by atoms with E-state index in [0.29, 0.717) is 24.3 Å². The second kappa shape index (κ2) is 5.19. The zero-order valence-electron chi connectivity index (χ0n) is 9.00. The maximum atomic E-state index is 11.6. The van der Waals surface area contributed by atoms with Crippen molar-refractivity contribution in [3.05, 3.63) is 33.3 Å². The van der Waals surface area contributed by atoms with Gasteiger partial charge in [-0.1, -0.05) is 33.6 Å². The second-order valence-electron chi connectivity index (χ2n) is 4.09. The number of piperidine rings is 1. The van der Waals surface area contributed by atoms with Crippen molar-refractivity contribution in [1.29, 1.82) is 0 Å². The molecule has 2 amide bonds. The Morgan fingerprint density at radius 3 is 2.82 bits per heavy atom. The van der Waals surface area contributed by atoms with E-state index in [1.165, 1.54) is 0 Å². The first-order chi connectivity index (χ1) is 8.06. The van der Waals surface area contributed by atoms with Crippen molar-refractivity contribution in [2.24, 2.45) is 5.92 Å². The predicted molar refractivity (Wildman–Crippen MR) is 68.7 cm³/mol. The lowest BCUT2D eigenvalue weighted by molar-refractivity contribution is -0.136. The molecule has 1 heterocycles. The summed E-state index contributed by atoms with van der Waals surface area (Å²) in [6, 6.07) is 5.60. The fourth-order valence-electron chi connectivity index (χ4n) is 1.89. The number of nitrogens with one attached hydrogen (secondary N) is 1. The minimum atomic E-state index is -0.194. The minimum absolute atomic E-state index is 0.161. The first-order valence-electron chi connectivity index (χ1n) is 5.34. The normalized spacial score (nSPS) is 20.2. The monoisotopic (exact) mass is 315 g/mol. The summed E-state index contributed by atoms with van der Waals surface area (Å²) in [5.41, 5.74) is 0.935. The molecule has 17 heavy (non-hydrogen) atoms. The molecule has 1 aliphatic heterocycles. The zero-order chi connectivity index (χ0) is 12.4. The molecule has 0 saturated carbocycles. The van der Waals surface area contributed by atoms with Crippen molar-refractivity contribution in [3.8, 4) is 0 Å². The van der Waals surface area contributed by atoms with Crippen LogP contribution in [0.5, 0.6) is 0 Å². The molecule has 1 saturated heterocycles. The van der Waals surface area contributed by atoms with Crippen LogP contribution in [0.4, 0.5) is 0 Å². The van der Waals surface area contributed by atoms with Crippen LogP contribution in [0.25, 0.3) is 0 Å². The Bertz CT molecular complexity index is 476. The quantitative estimate of drug-likeness (QED) is 0.853. The van der Waals surface area contributed by atoms with Crippen LogP contribution in [0, 0.1) is 5.92 Å². The van der Waals surface area contributed by atoms with Crippen LogP contribution < -0.4 is 5.32 Å². The lowest BCUT2D eigenvalue weighted by atomic mass is 9.91. The van der Waals surface area contributed by atoms with Gasteiger partial charge in [0.05, 0.1) is 0 Å². The summed E-state index contributed by atoms with van der Waals surface area (Å²) in [4.78, 5) is 22.6. The third-order valence-electron chi connectivity index (χ3n) is 2.83. The zero-order valence-corrected chi connectivity index (χ0v) is 11.3. The molecule has 90 valence electrons. The maximum Gasteiger partial charge on any atom is 0.230 e. The Balaban J connectivity index is 2.10. The Labute approximate surface area is 113 Å². The molecule has 5 heteroatoms. The van der Waals surface area contributed by atoms with E-state index in [2.05, 4.69) is 21.2 Å². The van der Waals surface area contributed by atoms with E-state index in [4.69, 9.17) is 11.6 Å². The highest BCUT2D eigenvalue weighted by Crippen LogP contribution is 2.26. The number of hydrogen-bond acceptors (Lipinski definition) is 2. The summed E-state index contributed by atoms with van der Waals surface area (Å²) in [6.07, 6.45) is 1.58. The second-order valence-corrected chi connectivity index (χ2v) is 5.41. The number of halogens is 2. The Hall–Kier alpha value is -0.870. The fourth-order valence-corrected chi connectivity index (χ4v) is 2.64. The fraction of sp³-hybridized carbons (Fsp3) is 0.333. The molecule has 2 rings (SSSR count). The third kappa shape index (κ3) is 3.07. The topological polar surface area (TPSA) is 46.2 Å². The number of imide groups is 1. The number of hydrogen-bond donors (Lipinski definition) is 1. The van der Waals surface area contributed by atoms with Crippen LogP contribution >= 0.6 is 27.5 Å². The highest BCUT2D eigenvalue weighted by atomic mass is 79.9. The standard InChI is InChI=1S/C12H11BrClNO2/c13-9-3-1-7(10(14)6-9)5-8-2-4-11(16)15-12(8)17/h1,3,6,8H,2,4-5H2,(H,15,16,17). The van der Waals surface area contributed by atoms with Crippen molar-refractivity contribution in [2.75, 3.05) is 0 Å². The lowest BCUT2D eigenvalue weighted by Crippen LogP contribution is -2.41. The molecule has 1 unspecified atom stereocenters. The molecule has 0 bridgehead atoms. The molecule has 1 aliphatic rings. The molecule has 1 aromatic rings. The average Bonchev–Trinajstić information content (AvgIpc) is 2.25. The van der Waals surface area contributed by atoms with E-state index in [9.17, 15) is 9.59 Å². The first-order valence-corrected chi connectivity index (χ1v) is 6.51. The third-order valence-corrected chi connectivity index (χ3v) is 3.68. The van der Waals surface area contributed by atoms with Gasteiger partial charge in [-0.25, -0.2) is 0 Å². The Morgan fingerprint density at radius 1 is 1.41 bits per heavy atom. The van der Waals surface area contributed by atoms with Crippen molar-refractivity contribution in [3.63, 3.8) is 0 Å². The van der Waals surface area contributed by atoms with E-state index in [0.717, 1.165) is 10.0 Å². The highest BCUT2D eigenvalue weighted by Gasteiger charge is 2.27. The van der Waals surface area contributed by atoms with Gasteiger partial charge < -0.3 is 0 Å². The molecule has 1 atom stereocenters. The number of carbonyl (C=O) groups excluding carboxylic acids is 2. The SMILES string of the molecule is O=C1CCC(Cc2ccc(Br)cc2Cl)C(=O)N1. The minimum Gasteiger partial charge on any atom is -0.296 e. The van der Waals surface area contributed by atoms with Crippen LogP contribution in [0.3, 0.4) is 0 Å². The molecule has 1 aromatic carbocycles. The molecule has 1 N–H and O–H groups in total. The Morgan fingerprint density at radius 2 is 2.18 bits per heavy atom. The number of benzene rings is 1. The van der Waals surface area contributed by atoms with Gasteiger partial charge in [0.25, 0.3) is 0 Å². The Kier molecular flexibility index (Phi) is 3.84. The van der Waals surface area contributed by atoms with Gasteiger partial charge >= 0.3 is 0 Å².